The van der Waals surface area contributed by atoms with Crippen LogP contribution in [0, 0.1) is 17.7 Å². The van der Waals surface area contributed by atoms with Crippen molar-refractivity contribution in [3.8, 4) is 5.75 Å². The lowest BCUT2D eigenvalue weighted by atomic mass is 9.76. The normalized spacial score (nSPS) is 25.1. The third kappa shape index (κ3) is 3.27. The van der Waals surface area contributed by atoms with Crippen LogP contribution in [0.15, 0.2) is 18.2 Å². The molecule has 0 amide bonds. The van der Waals surface area contributed by atoms with Crippen LogP contribution >= 0.6 is 0 Å². The molecule has 2 nitrogen and oxygen atoms in total. The van der Waals surface area contributed by atoms with Crippen molar-refractivity contribution in [1.82, 2.24) is 0 Å². The fourth-order valence-corrected chi connectivity index (χ4v) is 3.18. The van der Waals surface area contributed by atoms with Crippen LogP contribution in [-0.4, -0.2) is 7.11 Å². The molecule has 1 aromatic carbocycles. The first-order chi connectivity index (χ1) is 9.15. The van der Waals surface area contributed by atoms with Crippen LogP contribution in [0.2, 0.25) is 0 Å². The minimum Gasteiger partial charge on any atom is -0.496 e. The molecule has 19 heavy (non-hydrogen) atoms. The van der Waals surface area contributed by atoms with Gasteiger partial charge in [-0.15, -0.1) is 0 Å². The lowest BCUT2D eigenvalue weighted by molar-refractivity contribution is 0.237. The molecular formula is C16H24FNO. The van der Waals surface area contributed by atoms with Crippen LogP contribution in [0.4, 0.5) is 4.39 Å². The maximum atomic E-state index is 13.4. The number of ether oxygens (including phenoxy) is 1. The van der Waals surface area contributed by atoms with Gasteiger partial charge in [0.25, 0.3) is 0 Å². The molecule has 0 spiro atoms. The Morgan fingerprint density at radius 3 is 2.58 bits per heavy atom. The second kappa shape index (κ2) is 6.38. The van der Waals surface area contributed by atoms with Crippen LogP contribution in [-0.2, 0) is 0 Å². The van der Waals surface area contributed by atoms with Crippen molar-refractivity contribution in [3.63, 3.8) is 0 Å². The second-order valence-electron chi connectivity index (χ2n) is 5.60. The van der Waals surface area contributed by atoms with E-state index < -0.39 is 0 Å². The first-order valence-electron chi connectivity index (χ1n) is 7.24. The number of halogens is 1. The van der Waals surface area contributed by atoms with Gasteiger partial charge in [0.05, 0.1) is 7.11 Å². The van der Waals surface area contributed by atoms with E-state index in [0.717, 1.165) is 24.3 Å². The maximum absolute atomic E-state index is 13.4. The number of benzene rings is 1. The van der Waals surface area contributed by atoms with Gasteiger partial charge >= 0.3 is 0 Å². The molecule has 1 aliphatic carbocycles. The van der Waals surface area contributed by atoms with Gasteiger partial charge < -0.3 is 10.5 Å². The Balaban J connectivity index is 2.11. The summed E-state index contributed by atoms with van der Waals surface area (Å²) in [5.74, 6) is 1.75. The van der Waals surface area contributed by atoms with Crippen molar-refractivity contribution >= 4 is 0 Å². The maximum Gasteiger partial charge on any atom is 0.123 e. The Morgan fingerprint density at radius 2 is 2.00 bits per heavy atom. The van der Waals surface area contributed by atoms with Crippen molar-refractivity contribution in [3.05, 3.63) is 29.6 Å². The third-order valence-corrected chi connectivity index (χ3v) is 4.53. The first kappa shape index (κ1) is 14.3. The zero-order valence-electron chi connectivity index (χ0n) is 11.9. The molecule has 0 bridgehead atoms. The fraction of sp³-hybridized carbons (Fsp3) is 0.625. The van der Waals surface area contributed by atoms with Crippen molar-refractivity contribution < 1.29 is 9.13 Å². The zero-order chi connectivity index (χ0) is 13.8. The predicted molar refractivity (Wildman–Crippen MR) is 75.6 cm³/mol. The number of methoxy groups -OCH3 is 1. The lowest BCUT2D eigenvalue weighted by Gasteiger charge is -2.32. The monoisotopic (exact) mass is 265 g/mol. The molecule has 2 rings (SSSR count). The molecular weight excluding hydrogens is 241 g/mol. The SMILES string of the molecule is CCC1CCC(C(N)c2cc(F)ccc2OC)CC1. The van der Waals surface area contributed by atoms with E-state index in [0.29, 0.717) is 11.7 Å². The molecule has 2 N–H and O–H groups in total. The van der Waals surface area contributed by atoms with Crippen LogP contribution in [0.25, 0.3) is 0 Å². The van der Waals surface area contributed by atoms with E-state index in [4.69, 9.17) is 10.5 Å². The number of nitrogens with two attached hydrogens (primary N) is 1. The molecule has 1 atom stereocenters. The summed E-state index contributed by atoms with van der Waals surface area (Å²) in [6.07, 6.45) is 6.02. The minimum absolute atomic E-state index is 0.122. The zero-order valence-corrected chi connectivity index (χ0v) is 11.9. The highest BCUT2D eigenvalue weighted by Crippen LogP contribution is 2.39. The van der Waals surface area contributed by atoms with Crippen molar-refractivity contribution in [2.45, 2.75) is 45.1 Å². The topological polar surface area (TPSA) is 35.2 Å². The Hall–Kier alpha value is -1.09. The van der Waals surface area contributed by atoms with E-state index in [9.17, 15) is 4.39 Å². The van der Waals surface area contributed by atoms with E-state index in [1.165, 1.54) is 31.4 Å². The van der Waals surface area contributed by atoms with E-state index in [2.05, 4.69) is 6.92 Å². The summed E-state index contributed by atoms with van der Waals surface area (Å²) in [6, 6.07) is 4.49. The smallest absolute Gasteiger partial charge is 0.123 e. The van der Waals surface area contributed by atoms with Crippen LogP contribution < -0.4 is 10.5 Å². The Bertz CT molecular complexity index is 413. The van der Waals surface area contributed by atoms with Gasteiger partial charge in [0, 0.05) is 11.6 Å². The van der Waals surface area contributed by atoms with E-state index in [1.54, 1.807) is 13.2 Å². The number of rotatable bonds is 4. The van der Waals surface area contributed by atoms with Crippen LogP contribution in [0.3, 0.4) is 0 Å². The van der Waals surface area contributed by atoms with Gasteiger partial charge in [-0.3, -0.25) is 0 Å². The Kier molecular flexibility index (Phi) is 4.81. The average molecular weight is 265 g/mol. The molecule has 3 heteroatoms. The summed E-state index contributed by atoms with van der Waals surface area (Å²) in [5.41, 5.74) is 7.16. The van der Waals surface area contributed by atoms with Crippen molar-refractivity contribution in [2.24, 2.45) is 17.6 Å². The van der Waals surface area contributed by atoms with Gasteiger partial charge in [-0.25, -0.2) is 4.39 Å². The largest absolute Gasteiger partial charge is 0.496 e. The molecule has 0 heterocycles. The standard InChI is InChI=1S/C16H24FNO/c1-3-11-4-6-12(7-5-11)16(18)14-10-13(17)8-9-15(14)19-2/h8-12,16H,3-7,18H2,1-2H3. The van der Waals surface area contributed by atoms with Crippen LogP contribution in [0.5, 0.6) is 5.75 Å². The van der Waals surface area contributed by atoms with E-state index >= 15 is 0 Å². The van der Waals surface area contributed by atoms with Crippen LogP contribution in [0.1, 0.15) is 50.6 Å². The molecule has 1 aliphatic rings. The summed E-state index contributed by atoms with van der Waals surface area (Å²) < 4.78 is 18.7. The van der Waals surface area contributed by atoms with Crippen molar-refractivity contribution in [2.75, 3.05) is 7.11 Å². The molecule has 0 radical (unpaired) electrons. The van der Waals surface area contributed by atoms with Gasteiger partial charge in [-0.1, -0.05) is 26.2 Å². The van der Waals surface area contributed by atoms with Crippen molar-refractivity contribution in [1.29, 1.82) is 0 Å². The molecule has 0 saturated heterocycles. The lowest BCUT2D eigenvalue weighted by Crippen LogP contribution is -2.26. The summed E-state index contributed by atoms with van der Waals surface area (Å²) >= 11 is 0. The highest BCUT2D eigenvalue weighted by Gasteiger charge is 2.27. The summed E-state index contributed by atoms with van der Waals surface area (Å²) in [5, 5.41) is 0. The number of hydrogen-bond acceptors (Lipinski definition) is 2. The van der Waals surface area contributed by atoms with E-state index in [-0.39, 0.29) is 11.9 Å². The molecule has 1 unspecified atom stereocenters. The van der Waals surface area contributed by atoms with Gasteiger partial charge in [0.15, 0.2) is 0 Å². The molecule has 106 valence electrons. The third-order valence-electron chi connectivity index (χ3n) is 4.53. The van der Waals surface area contributed by atoms with Gasteiger partial charge in [0.1, 0.15) is 11.6 Å². The van der Waals surface area contributed by atoms with Gasteiger partial charge in [0.2, 0.25) is 0 Å². The Morgan fingerprint density at radius 1 is 1.32 bits per heavy atom. The number of hydrogen-bond donors (Lipinski definition) is 1. The van der Waals surface area contributed by atoms with Gasteiger partial charge in [-0.2, -0.15) is 0 Å². The average Bonchev–Trinajstić information content (AvgIpc) is 2.46. The van der Waals surface area contributed by atoms with Gasteiger partial charge in [-0.05, 0) is 42.9 Å². The molecule has 1 aromatic rings. The molecule has 1 fully saturated rings. The summed E-state index contributed by atoms with van der Waals surface area (Å²) in [6.45, 7) is 2.25. The molecule has 1 saturated carbocycles. The Labute approximate surface area is 115 Å². The molecule has 0 aliphatic heterocycles. The predicted octanol–water partition coefficient (Wildman–Crippen LogP) is 4.05. The summed E-state index contributed by atoms with van der Waals surface area (Å²) in [4.78, 5) is 0. The van der Waals surface area contributed by atoms with E-state index in [1.807, 2.05) is 0 Å². The molecule has 0 aromatic heterocycles. The second-order valence-corrected chi connectivity index (χ2v) is 5.60. The minimum atomic E-state index is -0.242. The quantitative estimate of drug-likeness (QED) is 0.891. The fourth-order valence-electron chi connectivity index (χ4n) is 3.18. The highest BCUT2D eigenvalue weighted by atomic mass is 19.1. The first-order valence-corrected chi connectivity index (χ1v) is 7.24. The highest BCUT2D eigenvalue weighted by molar-refractivity contribution is 5.36. The summed E-state index contributed by atoms with van der Waals surface area (Å²) in [7, 11) is 1.61.